The largest absolute Gasteiger partial charge is 0.286 e. The number of carbonyl (C=O) groups is 2. The molecule has 3 rings (SSSR count). The van der Waals surface area contributed by atoms with E-state index in [2.05, 4.69) is 5.10 Å². The van der Waals surface area contributed by atoms with Crippen molar-refractivity contribution in [3.8, 4) is 0 Å². The Kier molecular flexibility index (Phi) is 3.47. The molecule has 0 aromatic heterocycles. The van der Waals surface area contributed by atoms with E-state index in [1.807, 2.05) is 36.4 Å². The van der Waals surface area contributed by atoms with Crippen LogP contribution in [0.1, 0.15) is 12.5 Å². The first kappa shape index (κ1) is 14.0. The van der Waals surface area contributed by atoms with Crippen LogP contribution in [0.4, 0.5) is 11.4 Å². The van der Waals surface area contributed by atoms with Gasteiger partial charge >= 0.3 is 0 Å². The highest BCUT2D eigenvalue weighted by atomic mass is 16.2. The Morgan fingerprint density at radius 3 is 2.36 bits per heavy atom. The minimum Gasteiger partial charge on any atom is -0.274 e. The van der Waals surface area contributed by atoms with Crippen molar-refractivity contribution in [2.24, 2.45) is 5.10 Å². The fourth-order valence-electron chi connectivity index (χ4n) is 2.46. The number of nitrogens with zero attached hydrogens (tertiary/aromatic N) is 3. The van der Waals surface area contributed by atoms with Crippen molar-refractivity contribution in [1.29, 1.82) is 0 Å². The van der Waals surface area contributed by atoms with Gasteiger partial charge in [0, 0.05) is 19.5 Å². The maximum absolute atomic E-state index is 12.5. The lowest BCUT2D eigenvalue weighted by Crippen LogP contribution is -2.34. The fraction of sp³-hybridized carbons (Fsp3) is 0.118. The summed E-state index contributed by atoms with van der Waals surface area (Å²) < 4.78 is 0. The van der Waals surface area contributed by atoms with E-state index in [0.717, 1.165) is 10.6 Å². The van der Waals surface area contributed by atoms with Crippen LogP contribution in [-0.4, -0.2) is 24.6 Å². The summed E-state index contributed by atoms with van der Waals surface area (Å²) in [4.78, 5) is 25.4. The number of fused-ring (bicyclic) bond motifs is 1. The van der Waals surface area contributed by atoms with Gasteiger partial charge in [0.1, 0.15) is 0 Å². The number of para-hydroxylation sites is 2. The zero-order valence-electron chi connectivity index (χ0n) is 12.4. The fourth-order valence-corrected chi connectivity index (χ4v) is 2.46. The van der Waals surface area contributed by atoms with E-state index in [0.29, 0.717) is 11.3 Å². The molecule has 110 valence electrons. The van der Waals surface area contributed by atoms with Crippen LogP contribution >= 0.6 is 0 Å². The molecule has 5 heteroatoms. The maximum Gasteiger partial charge on any atom is 0.286 e. The average Bonchev–Trinajstić information content (AvgIpc) is 2.81. The number of rotatable bonds is 2. The SMILES string of the molecule is CC(=O)N1C(=O)C(=NN(C)c2ccccc2)c2ccccc21. The van der Waals surface area contributed by atoms with Crippen molar-refractivity contribution in [2.75, 3.05) is 17.0 Å². The molecule has 0 aliphatic carbocycles. The highest BCUT2D eigenvalue weighted by Crippen LogP contribution is 2.29. The van der Waals surface area contributed by atoms with Crippen LogP contribution in [0.15, 0.2) is 59.7 Å². The predicted molar refractivity (Wildman–Crippen MR) is 86.0 cm³/mol. The number of imide groups is 1. The van der Waals surface area contributed by atoms with Gasteiger partial charge in [-0.3, -0.25) is 14.6 Å². The van der Waals surface area contributed by atoms with Gasteiger partial charge in [-0.15, -0.1) is 0 Å². The topological polar surface area (TPSA) is 53.0 Å². The lowest BCUT2D eigenvalue weighted by molar-refractivity contribution is -0.121. The van der Waals surface area contributed by atoms with Crippen molar-refractivity contribution < 1.29 is 9.59 Å². The Bertz CT molecular complexity index is 768. The number of carbonyl (C=O) groups excluding carboxylic acids is 2. The summed E-state index contributed by atoms with van der Waals surface area (Å²) in [6, 6.07) is 16.7. The van der Waals surface area contributed by atoms with Crippen LogP contribution in [0.3, 0.4) is 0 Å². The van der Waals surface area contributed by atoms with Gasteiger partial charge in [0.2, 0.25) is 5.91 Å². The molecule has 5 nitrogen and oxygen atoms in total. The number of amides is 2. The van der Waals surface area contributed by atoms with Crippen LogP contribution in [0.2, 0.25) is 0 Å². The smallest absolute Gasteiger partial charge is 0.274 e. The van der Waals surface area contributed by atoms with E-state index >= 15 is 0 Å². The number of hydrogen-bond acceptors (Lipinski definition) is 4. The quantitative estimate of drug-likeness (QED) is 0.799. The maximum atomic E-state index is 12.5. The highest BCUT2D eigenvalue weighted by molar-refractivity contribution is 6.58. The van der Waals surface area contributed by atoms with E-state index in [9.17, 15) is 9.59 Å². The first-order valence-electron chi connectivity index (χ1n) is 6.91. The summed E-state index contributed by atoms with van der Waals surface area (Å²) >= 11 is 0. The molecule has 0 saturated carbocycles. The minimum absolute atomic E-state index is 0.275. The summed E-state index contributed by atoms with van der Waals surface area (Å²) in [5.74, 6) is -0.707. The summed E-state index contributed by atoms with van der Waals surface area (Å²) in [6.07, 6.45) is 0. The molecule has 0 bridgehead atoms. The molecule has 0 spiro atoms. The van der Waals surface area contributed by atoms with Crippen molar-refractivity contribution in [1.82, 2.24) is 0 Å². The third kappa shape index (κ3) is 2.26. The molecule has 0 N–H and O–H groups in total. The molecule has 2 aromatic carbocycles. The Morgan fingerprint density at radius 2 is 1.68 bits per heavy atom. The second kappa shape index (κ2) is 5.44. The molecule has 22 heavy (non-hydrogen) atoms. The molecule has 0 atom stereocenters. The summed E-state index contributed by atoms with van der Waals surface area (Å²) in [7, 11) is 1.77. The Balaban J connectivity index is 2.06. The van der Waals surface area contributed by atoms with Gasteiger partial charge < -0.3 is 0 Å². The monoisotopic (exact) mass is 293 g/mol. The van der Waals surface area contributed by atoms with E-state index in [-0.39, 0.29) is 11.6 Å². The van der Waals surface area contributed by atoms with Crippen LogP contribution in [0.25, 0.3) is 0 Å². The Labute approximate surface area is 128 Å². The predicted octanol–water partition coefficient (Wildman–Crippen LogP) is 2.42. The lowest BCUT2D eigenvalue weighted by Gasteiger charge is -2.14. The second-order valence-electron chi connectivity index (χ2n) is 4.98. The molecule has 2 aromatic rings. The minimum atomic E-state index is -0.392. The van der Waals surface area contributed by atoms with E-state index in [4.69, 9.17) is 0 Å². The average molecular weight is 293 g/mol. The summed E-state index contributed by atoms with van der Waals surface area (Å²) in [6.45, 7) is 1.37. The van der Waals surface area contributed by atoms with Gasteiger partial charge in [-0.05, 0) is 18.2 Å². The second-order valence-corrected chi connectivity index (χ2v) is 4.98. The molecule has 2 amide bonds. The molecular weight excluding hydrogens is 278 g/mol. The summed E-state index contributed by atoms with van der Waals surface area (Å²) in [5.41, 5.74) is 2.39. The van der Waals surface area contributed by atoms with E-state index in [1.54, 1.807) is 30.3 Å². The number of hydrogen-bond donors (Lipinski definition) is 0. The Morgan fingerprint density at radius 1 is 1.05 bits per heavy atom. The molecule has 1 aliphatic rings. The third-order valence-electron chi connectivity index (χ3n) is 3.50. The highest BCUT2D eigenvalue weighted by Gasteiger charge is 2.36. The molecule has 1 heterocycles. The summed E-state index contributed by atoms with van der Waals surface area (Å²) in [5, 5.41) is 6.04. The molecule has 0 fully saturated rings. The van der Waals surface area contributed by atoms with Gasteiger partial charge in [-0.25, -0.2) is 4.90 Å². The van der Waals surface area contributed by atoms with Crippen LogP contribution < -0.4 is 9.91 Å². The number of anilines is 2. The van der Waals surface area contributed by atoms with Gasteiger partial charge in [0.15, 0.2) is 5.71 Å². The lowest BCUT2D eigenvalue weighted by atomic mass is 10.1. The van der Waals surface area contributed by atoms with Crippen molar-refractivity contribution in [3.63, 3.8) is 0 Å². The normalized spacial score (nSPS) is 15.1. The standard InChI is InChI=1S/C17H15N3O2/c1-12(21)20-15-11-7-6-10-14(15)16(17(20)22)18-19(2)13-8-4-3-5-9-13/h3-11H,1-2H3. The van der Waals surface area contributed by atoms with Crippen molar-refractivity contribution in [3.05, 3.63) is 60.2 Å². The van der Waals surface area contributed by atoms with Crippen molar-refractivity contribution in [2.45, 2.75) is 6.92 Å². The molecule has 0 unspecified atom stereocenters. The molecule has 0 radical (unpaired) electrons. The Hall–Kier alpha value is -2.95. The number of benzene rings is 2. The third-order valence-corrected chi connectivity index (χ3v) is 3.50. The molecular formula is C17H15N3O2. The van der Waals surface area contributed by atoms with E-state index in [1.165, 1.54) is 6.92 Å². The van der Waals surface area contributed by atoms with Gasteiger partial charge in [0.05, 0.1) is 11.4 Å². The van der Waals surface area contributed by atoms with Gasteiger partial charge in [-0.1, -0.05) is 36.4 Å². The molecule has 0 saturated heterocycles. The van der Waals surface area contributed by atoms with Crippen molar-refractivity contribution >= 4 is 28.9 Å². The van der Waals surface area contributed by atoms with Crippen LogP contribution in [0.5, 0.6) is 0 Å². The van der Waals surface area contributed by atoms with Crippen LogP contribution in [0, 0.1) is 0 Å². The first-order valence-corrected chi connectivity index (χ1v) is 6.91. The zero-order valence-corrected chi connectivity index (χ0v) is 12.4. The zero-order chi connectivity index (χ0) is 15.7. The number of hydrazone groups is 1. The van der Waals surface area contributed by atoms with Gasteiger partial charge in [0.25, 0.3) is 5.91 Å². The van der Waals surface area contributed by atoms with E-state index < -0.39 is 5.91 Å². The first-order chi connectivity index (χ1) is 10.6. The van der Waals surface area contributed by atoms with Crippen LogP contribution in [-0.2, 0) is 9.59 Å². The molecule has 1 aliphatic heterocycles. The van der Waals surface area contributed by atoms with Gasteiger partial charge in [-0.2, -0.15) is 5.10 Å².